The van der Waals surface area contributed by atoms with Gasteiger partial charge in [0, 0.05) is 19.8 Å². The van der Waals surface area contributed by atoms with Gasteiger partial charge in [-0.15, -0.1) is 5.10 Å². The quantitative estimate of drug-likeness (QED) is 0.560. The number of aromatic nitrogens is 1. The Morgan fingerprint density at radius 3 is 2.92 bits per heavy atom. The summed E-state index contributed by atoms with van der Waals surface area (Å²) in [5.41, 5.74) is 10.4. The van der Waals surface area contributed by atoms with E-state index in [-0.39, 0.29) is 5.97 Å². The maximum Gasteiger partial charge on any atom is 0.305 e. The topological polar surface area (TPSA) is 98.8 Å². The third-order valence-electron chi connectivity index (χ3n) is 3.84. The van der Waals surface area contributed by atoms with Crippen molar-refractivity contribution in [1.82, 2.24) is 10.4 Å². The third-order valence-corrected chi connectivity index (χ3v) is 3.84. The number of aryl methyl sites for hydroxylation is 1. The number of rotatable bonds is 8. The van der Waals surface area contributed by atoms with Gasteiger partial charge >= 0.3 is 5.97 Å². The van der Waals surface area contributed by atoms with Gasteiger partial charge < -0.3 is 15.2 Å². The number of hydrogen-bond acceptors (Lipinski definition) is 7. The van der Waals surface area contributed by atoms with Crippen LogP contribution >= 0.6 is 0 Å². The van der Waals surface area contributed by atoms with Crippen molar-refractivity contribution in [2.75, 3.05) is 12.3 Å². The number of carbonyl (C=O) groups excluding carboxylic acids is 1. The molecule has 1 aromatic rings. The first kappa shape index (κ1) is 18.0. The number of unbranched alkanes of at least 4 members (excludes halogenated alkanes) is 2. The molecule has 0 aliphatic carbocycles. The summed E-state index contributed by atoms with van der Waals surface area (Å²) in [6.07, 6.45) is 5.45. The van der Waals surface area contributed by atoms with Gasteiger partial charge in [-0.3, -0.25) is 15.2 Å². The Labute approximate surface area is 142 Å². The van der Waals surface area contributed by atoms with Crippen molar-refractivity contribution >= 4 is 17.6 Å². The van der Waals surface area contributed by atoms with Crippen LogP contribution in [-0.2, 0) is 20.0 Å². The number of pyridine rings is 1. The van der Waals surface area contributed by atoms with Crippen molar-refractivity contribution in [2.24, 2.45) is 5.10 Å². The van der Waals surface area contributed by atoms with Gasteiger partial charge in [-0.25, -0.2) is 0 Å². The summed E-state index contributed by atoms with van der Waals surface area (Å²) >= 11 is 0. The summed E-state index contributed by atoms with van der Waals surface area (Å²) < 4.78 is 10.9. The normalized spacial score (nSPS) is 19.4. The Bertz CT molecular complexity index is 618. The molecule has 7 heteroatoms. The fourth-order valence-electron chi connectivity index (χ4n) is 2.71. The number of nitrogens with two attached hydrogens (primary N) is 1. The van der Waals surface area contributed by atoms with Gasteiger partial charge in [0.2, 0.25) is 11.6 Å². The van der Waals surface area contributed by atoms with Crippen molar-refractivity contribution in [2.45, 2.75) is 58.6 Å². The highest BCUT2D eigenvalue weighted by atomic mass is 16.5. The molecule has 3 N–H and O–H groups in total. The number of hydrazone groups is 1. The molecular weight excluding hydrogens is 308 g/mol. The second-order valence-electron chi connectivity index (χ2n) is 6.05. The van der Waals surface area contributed by atoms with E-state index in [1.165, 1.54) is 0 Å². The van der Waals surface area contributed by atoms with E-state index < -0.39 is 5.72 Å². The Morgan fingerprint density at radius 1 is 1.42 bits per heavy atom. The minimum absolute atomic E-state index is 0.133. The predicted molar refractivity (Wildman–Crippen MR) is 92.1 cm³/mol. The number of ether oxygens (including phenoxy) is 2. The van der Waals surface area contributed by atoms with E-state index in [4.69, 9.17) is 15.2 Å². The second kappa shape index (κ2) is 7.99. The van der Waals surface area contributed by atoms with Crippen LogP contribution in [0, 0.1) is 6.92 Å². The maximum absolute atomic E-state index is 11.3. The highest BCUT2D eigenvalue weighted by Gasteiger charge is 2.37. The van der Waals surface area contributed by atoms with Crippen molar-refractivity contribution in [1.29, 1.82) is 0 Å². The number of esters is 1. The molecule has 1 aromatic heterocycles. The van der Waals surface area contributed by atoms with Gasteiger partial charge in [0.15, 0.2) is 0 Å². The molecule has 7 nitrogen and oxygen atoms in total. The molecule has 1 atom stereocenters. The van der Waals surface area contributed by atoms with Crippen molar-refractivity contribution < 1.29 is 14.3 Å². The lowest BCUT2D eigenvalue weighted by molar-refractivity contribution is -0.143. The molecule has 0 radical (unpaired) electrons. The molecule has 0 spiro atoms. The molecule has 132 valence electrons. The van der Waals surface area contributed by atoms with Gasteiger partial charge in [0.25, 0.3) is 0 Å². The van der Waals surface area contributed by atoms with E-state index in [0.29, 0.717) is 24.6 Å². The highest BCUT2D eigenvalue weighted by Crippen LogP contribution is 2.29. The monoisotopic (exact) mass is 334 g/mol. The minimum Gasteiger partial charge on any atom is -0.466 e. The molecule has 0 fully saturated rings. The smallest absolute Gasteiger partial charge is 0.305 e. The van der Waals surface area contributed by atoms with Crippen LogP contribution in [0.1, 0.15) is 57.2 Å². The van der Waals surface area contributed by atoms with E-state index in [1.807, 2.05) is 26.8 Å². The Kier molecular flexibility index (Phi) is 6.00. The molecule has 0 amide bonds. The molecule has 2 rings (SSSR count). The fourth-order valence-corrected chi connectivity index (χ4v) is 2.71. The Morgan fingerprint density at radius 2 is 2.21 bits per heavy atom. The standard InChI is InChI=1S/C17H26N4O3/c1-4-23-15(22)9-7-5-6-8-14-20-21-17(3,24-14)16-12(2)10-13(18)11-19-16/h10-11,21H,4-9,18H2,1-3H3. The summed E-state index contributed by atoms with van der Waals surface area (Å²) in [5, 5.41) is 4.27. The predicted octanol–water partition coefficient (Wildman–Crippen LogP) is 2.59. The third kappa shape index (κ3) is 4.59. The highest BCUT2D eigenvalue weighted by molar-refractivity contribution is 5.77. The van der Waals surface area contributed by atoms with Crippen LogP contribution in [0.4, 0.5) is 5.69 Å². The van der Waals surface area contributed by atoms with Crippen LogP contribution in [0.2, 0.25) is 0 Å². The summed E-state index contributed by atoms with van der Waals surface area (Å²) in [4.78, 5) is 15.6. The first-order valence-corrected chi connectivity index (χ1v) is 8.35. The molecule has 0 bridgehead atoms. The number of nitrogen functional groups attached to an aromatic ring is 1. The molecule has 2 heterocycles. The molecule has 1 aliphatic heterocycles. The Hall–Kier alpha value is -2.31. The largest absolute Gasteiger partial charge is 0.466 e. The number of nitrogens with zero attached hydrogens (tertiary/aromatic N) is 2. The lowest BCUT2D eigenvalue weighted by Crippen LogP contribution is -2.36. The van der Waals surface area contributed by atoms with Crippen molar-refractivity contribution in [3.63, 3.8) is 0 Å². The average Bonchev–Trinajstić information content (AvgIpc) is 2.89. The van der Waals surface area contributed by atoms with Crippen molar-refractivity contribution in [3.05, 3.63) is 23.5 Å². The summed E-state index contributed by atoms with van der Waals surface area (Å²) in [6.45, 7) is 6.10. The van der Waals surface area contributed by atoms with Crippen molar-refractivity contribution in [3.8, 4) is 0 Å². The molecule has 1 unspecified atom stereocenters. The van der Waals surface area contributed by atoms with E-state index in [0.717, 1.165) is 36.9 Å². The van der Waals surface area contributed by atoms with Gasteiger partial charge in [-0.05, 0) is 38.3 Å². The maximum atomic E-state index is 11.3. The van der Waals surface area contributed by atoms with Gasteiger partial charge in [0.1, 0.15) is 5.69 Å². The number of nitrogens with one attached hydrogen (secondary N) is 1. The molecular formula is C17H26N4O3. The second-order valence-corrected chi connectivity index (χ2v) is 6.05. The number of hydrogen-bond donors (Lipinski definition) is 2. The zero-order chi connectivity index (χ0) is 17.6. The molecule has 0 saturated heterocycles. The molecule has 0 saturated carbocycles. The lowest BCUT2D eigenvalue weighted by Gasteiger charge is -2.24. The SMILES string of the molecule is CCOC(=O)CCCCCC1=NNC(C)(c2ncc(N)cc2C)O1. The van der Waals surface area contributed by atoms with Crippen LogP contribution < -0.4 is 11.2 Å². The van der Waals surface area contributed by atoms with E-state index in [1.54, 1.807) is 6.20 Å². The summed E-state index contributed by atoms with van der Waals surface area (Å²) in [7, 11) is 0. The zero-order valence-corrected chi connectivity index (χ0v) is 14.6. The van der Waals surface area contributed by atoms with Crippen LogP contribution in [-0.4, -0.2) is 23.5 Å². The minimum atomic E-state index is -0.766. The van der Waals surface area contributed by atoms with Crippen LogP contribution in [0.15, 0.2) is 17.4 Å². The van der Waals surface area contributed by atoms with Gasteiger partial charge in [-0.2, -0.15) is 0 Å². The van der Waals surface area contributed by atoms with Crippen LogP contribution in [0.3, 0.4) is 0 Å². The number of anilines is 1. The zero-order valence-electron chi connectivity index (χ0n) is 14.6. The van der Waals surface area contributed by atoms with E-state index in [9.17, 15) is 4.79 Å². The molecule has 1 aliphatic rings. The lowest BCUT2D eigenvalue weighted by atomic mass is 10.1. The number of carbonyl (C=O) groups is 1. The average molecular weight is 334 g/mol. The summed E-state index contributed by atoms with van der Waals surface area (Å²) in [6, 6.07) is 1.87. The Balaban J connectivity index is 1.77. The fraction of sp³-hybridized carbons (Fsp3) is 0.588. The molecule has 24 heavy (non-hydrogen) atoms. The first-order valence-electron chi connectivity index (χ1n) is 8.35. The van der Waals surface area contributed by atoms with Gasteiger partial charge in [-0.1, -0.05) is 6.42 Å². The van der Waals surface area contributed by atoms with Crippen LogP contribution in [0.5, 0.6) is 0 Å². The first-order chi connectivity index (χ1) is 11.4. The van der Waals surface area contributed by atoms with Gasteiger partial charge in [0.05, 0.1) is 18.5 Å². The summed E-state index contributed by atoms with van der Waals surface area (Å²) in [5.74, 6) is 0.526. The molecule has 0 aromatic carbocycles. The van der Waals surface area contributed by atoms with E-state index >= 15 is 0 Å². The van der Waals surface area contributed by atoms with E-state index in [2.05, 4.69) is 15.5 Å². The van der Waals surface area contributed by atoms with Crippen LogP contribution in [0.25, 0.3) is 0 Å².